The molecular weight excluding hydrogens is 232 g/mol. The van der Waals surface area contributed by atoms with Crippen LogP contribution < -0.4 is 5.32 Å². The second-order valence-corrected chi connectivity index (χ2v) is 5.79. The van der Waals surface area contributed by atoms with Gasteiger partial charge >= 0.3 is 0 Å². The lowest BCUT2D eigenvalue weighted by Gasteiger charge is -2.19. The topological polar surface area (TPSA) is 15.3 Å². The molecule has 0 aromatic heterocycles. The van der Waals surface area contributed by atoms with Gasteiger partial charge in [0.2, 0.25) is 0 Å². The van der Waals surface area contributed by atoms with E-state index in [1.54, 1.807) is 0 Å². The summed E-state index contributed by atoms with van der Waals surface area (Å²) in [5.74, 6) is 0.614. The molecule has 0 spiro atoms. The van der Waals surface area contributed by atoms with Crippen LogP contribution in [0.25, 0.3) is 0 Å². The molecule has 1 N–H and O–H groups in total. The molecule has 106 valence electrons. The third-order valence-corrected chi connectivity index (χ3v) is 4.14. The van der Waals surface area contributed by atoms with Crippen molar-refractivity contribution >= 4 is 0 Å². The molecule has 1 fully saturated rings. The van der Waals surface area contributed by atoms with E-state index < -0.39 is 0 Å². The van der Waals surface area contributed by atoms with Gasteiger partial charge in [0, 0.05) is 19.1 Å². The van der Waals surface area contributed by atoms with Crippen molar-refractivity contribution in [3.05, 3.63) is 35.4 Å². The van der Waals surface area contributed by atoms with Gasteiger partial charge in [0.05, 0.1) is 0 Å². The van der Waals surface area contributed by atoms with Crippen molar-refractivity contribution in [3.8, 4) is 0 Å². The molecule has 0 saturated heterocycles. The van der Waals surface area contributed by atoms with Crippen molar-refractivity contribution in [1.82, 2.24) is 10.2 Å². The van der Waals surface area contributed by atoms with Gasteiger partial charge in [-0.15, -0.1) is 0 Å². The van der Waals surface area contributed by atoms with Crippen LogP contribution in [-0.4, -0.2) is 30.6 Å². The fourth-order valence-electron chi connectivity index (χ4n) is 2.41. The third-order valence-electron chi connectivity index (χ3n) is 4.14. The van der Waals surface area contributed by atoms with Crippen LogP contribution in [-0.2, 0) is 6.54 Å². The summed E-state index contributed by atoms with van der Waals surface area (Å²) >= 11 is 0. The summed E-state index contributed by atoms with van der Waals surface area (Å²) in [6, 6.07) is 10.0. The van der Waals surface area contributed by atoms with Gasteiger partial charge in [-0.25, -0.2) is 0 Å². The van der Waals surface area contributed by atoms with Crippen LogP contribution >= 0.6 is 0 Å². The van der Waals surface area contributed by atoms with E-state index >= 15 is 0 Å². The summed E-state index contributed by atoms with van der Waals surface area (Å²) < 4.78 is 0. The van der Waals surface area contributed by atoms with E-state index in [0.717, 1.165) is 32.2 Å². The van der Waals surface area contributed by atoms with Crippen molar-refractivity contribution in [3.63, 3.8) is 0 Å². The first-order chi connectivity index (χ1) is 9.22. The highest BCUT2D eigenvalue weighted by atomic mass is 15.1. The maximum absolute atomic E-state index is 3.61. The summed E-state index contributed by atoms with van der Waals surface area (Å²) in [5, 5.41) is 3.61. The third kappa shape index (κ3) is 4.63. The SMILES string of the molecule is CCN(CC)Cc1ccc(C(C)CNC2CC2)cc1. The van der Waals surface area contributed by atoms with Gasteiger partial charge in [0.25, 0.3) is 0 Å². The van der Waals surface area contributed by atoms with Crippen LogP contribution in [0.15, 0.2) is 24.3 Å². The van der Waals surface area contributed by atoms with Gasteiger partial charge in [-0.05, 0) is 43.0 Å². The van der Waals surface area contributed by atoms with Crippen molar-refractivity contribution in [1.29, 1.82) is 0 Å². The summed E-state index contributed by atoms with van der Waals surface area (Å²) in [6.45, 7) is 11.2. The molecule has 2 rings (SSSR count). The van der Waals surface area contributed by atoms with Gasteiger partial charge in [-0.1, -0.05) is 45.0 Å². The van der Waals surface area contributed by atoms with Gasteiger partial charge in [-0.2, -0.15) is 0 Å². The molecule has 1 unspecified atom stereocenters. The van der Waals surface area contributed by atoms with Crippen molar-refractivity contribution in [2.45, 2.75) is 52.1 Å². The molecule has 19 heavy (non-hydrogen) atoms. The molecule has 2 heteroatoms. The predicted octanol–water partition coefficient (Wildman–Crippen LogP) is 3.38. The largest absolute Gasteiger partial charge is 0.313 e. The Balaban J connectivity index is 1.85. The minimum absolute atomic E-state index is 0.614. The van der Waals surface area contributed by atoms with Crippen LogP contribution in [0.4, 0.5) is 0 Å². The van der Waals surface area contributed by atoms with Crippen LogP contribution in [0.3, 0.4) is 0 Å². The van der Waals surface area contributed by atoms with Crippen LogP contribution in [0.1, 0.15) is 50.7 Å². The van der Waals surface area contributed by atoms with Crippen LogP contribution in [0, 0.1) is 0 Å². The second-order valence-electron chi connectivity index (χ2n) is 5.79. The zero-order chi connectivity index (χ0) is 13.7. The van der Waals surface area contributed by atoms with Gasteiger partial charge < -0.3 is 5.32 Å². The number of benzene rings is 1. The molecule has 0 amide bonds. The van der Waals surface area contributed by atoms with E-state index in [-0.39, 0.29) is 0 Å². The molecule has 1 aromatic carbocycles. The molecule has 0 radical (unpaired) electrons. The highest BCUT2D eigenvalue weighted by Crippen LogP contribution is 2.21. The number of nitrogens with zero attached hydrogens (tertiary/aromatic N) is 1. The molecule has 1 aliphatic carbocycles. The molecule has 1 saturated carbocycles. The van der Waals surface area contributed by atoms with Gasteiger partial charge in [0.1, 0.15) is 0 Å². The van der Waals surface area contributed by atoms with E-state index in [9.17, 15) is 0 Å². The normalized spacial score (nSPS) is 16.8. The smallest absolute Gasteiger partial charge is 0.0233 e. The summed E-state index contributed by atoms with van der Waals surface area (Å²) in [7, 11) is 0. The van der Waals surface area contributed by atoms with E-state index in [2.05, 4.69) is 55.3 Å². The zero-order valence-corrected chi connectivity index (χ0v) is 12.7. The lowest BCUT2D eigenvalue weighted by atomic mass is 9.99. The first-order valence-corrected chi connectivity index (χ1v) is 7.77. The Morgan fingerprint density at radius 3 is 2.32 bits per heavy atom. The number of hydrogen-bond acceptors (Lipinski definition) is 2. The van der Waals surface area contributed by atoms with Crippen molar-refractivity contribution in [2.24, 2.45) is 0 Å². The average Bonchev–Trinajstić information content (AvgIpc) is 3.27. The highest BCUT2D eigenvalue weighted by molar-refractivity contribution is 5.25. The predicted molar refractivity (Wildman–Crippen MR) is 82.5 cm³/mol. The van der Waals surface area contributed by atoms with Crippen molar-refractivity contribution in [2.75, 3.05) is 19.6 Å². The fourth-order valence-corrected chi connectivity index (χ4v) is 2.41. The Hall–Kier alpha value is -0.860. The second kappa shape index (κ2) is 7.06. The average molecular weight is 260 g/mol. The maximum atomic E-state index is 3.61. The molecule has 1 aliphatic rings. The summed E-state index contributed by atoms with van der Waals surface area (Å²) in [6.07, 6.45) is 2.74. The molecule has 2 nitrogen and oxygen atoms in total. The number of rotatable bonds is 8. The van der Waals surface area contributed by atoms with E-state index in [1.165, 1.54) is 24.0 Å². The first-order valence-electron chi connectivity index (χ1n) is 7.77. The lowest BCUT2D eigenvalue weighted by Crippen LogP contribution is -2.23. The number of hydrogen-bond donors (Lipinski definition) is 1. The molecule has 0 aliphatic heterocycles. The monoisotopic (exact) mass is 260 g/mol. The van der Waals surface area contributed by atoms with Gasteiger partial charge in [-0.3, -0.25) is 4.90 Å². The van der Waals surface area contributed by atoms with Gasteiger partial charge in [0.15, 0.2) is 0 Å². The molecule has 1 aromatic rings. The zero-order valence-electron chi connectivity index (χ0n) is 12.7. The summed E-state index contributed by atoms with van der Waals surface area (Å²) in [5.41, 5.74) is 2.88. The van der Waals surface area contributed by atoms with Crippen molar-refractivity contribution < 1.29 is 0 Å². The minimum Gasteiger partial charge on any atom is -0.313 e. The Morgan fingerprint density at radius 1 is 1.16 bits per heavy atom. The number of nitrogens with one attached hydrogen (secondary N) is 1. The quantitative estimate of drug-likeness (QED) is 0.771. The van der Waals surface area contributed by atoms with E-state index in [0.29, 0.717) is 5.92 Å². The first kappa shape index (κ1) is 14.5. The maximum Gasteiger partial charge on any atom is 0.0233 e. The molecule has 0 heterocycles. The molecule has 0 bridgehead atoms. The van der Waals surface area contributed by atoms with E-state index in [1.807, 2.05) is 0 Å². The molecule has 1 atom stereocenters. The lowest BCUT2D eigenvalue weighted by molar-refractivity contribution is 0.296. The Bertz CT molecular complexity index is 363. The highest BCUT2D eigenvalue weighted by Gasteiger charge is 2.21. The van der Waals surface area contributed by atoms with Crippen LogP contribution in [0.5, 0.6) is 0 Å². The molecular formula is C17H28N2. The fraction of sp³-hybridized carbons (Fsp3) is 0.647. The Morgan fingerprint density at radius 2 is 1.79 bits per heavy atom. The Labute approximate surface area is 118 Å². The van der Waals surface area contributed by atoms with Crippen LogP contribution in [0.2, 0.25) is 0 Å². The van der Waals surface area contributed by atoms with E-state index in [4.69, 9.17) is 0 Å². The minimum atomic E-state index is 0.614. The Kier molecular flexibility index (Phi) is 5.41. The standard InChI is InChI=1S/C17H28N2/c1-4-19(5-2)13-15-6-8-16(9-7-15)14(3)12-18-17-10-11-17/h6-9,14,17-18H,4-5,10-13H2,1-3H3. The summed E-state index contributed by atoms with van der Waals surface area (Å²) in [4.78, 5) is 2.45.